The second-order valence-electron chi connectivity index (χ2n) is 10.4. The van der Waals surface area contributed by atoms with Gasteiger partial charge in [0.1, 0.15) is 0 Å². The zero-order valence-corrected chi connectivity index (χ0v) is 21.1. The highest BCUT2D eigenvalue weighted by molar-refractivity contribution is 8.00. The van der Waals surface area contributed by atoms with E-state index in [0.717, 1.165) is 16.3 Å². The number of aromatic amines is 1. The van der Waals surface area contributed by atoms with Gasteiger partial charge in [-0.2, -0.15) is 0 Å². The highest BCUT2D eigenvalue weighted by Gasteiger charge is 2.69. The second kappa shape index (κ2) is 8.62. The number of hydrogen-bond acceptors (Lipinski definition) is 6. The number of H-pyrrole nitrogens is 1. The van der Waals surface area contributed by atoms with E-state index in [4.69, 9.17) is 5.11 Å². The van der Waals surface area contributed by atoms with Gasteiger partial charge in [-0.05, 0) is 49.5 Å². The van der Waals surface area contributed by atoms with E-state index in [0.29, 0.717) is 25.8 Å². The van der Waals surface area contributed by atoms with Crippen LogP contribution in [-0.2, 0) is 14.4 Å². The lowest BCUT2D eigenvalue weighted by Gasteiger charge is -2.43. The molecule has 9 heteroatoms. The monoisotopic (exact) mass is 512 g/mol. The Morgan fingerprint density at radius 3 is 2.49 bits per heavy atom. The van der Waals surface area contributed by atoms with Crippen LogP contribution in [0.5, 0.6) is 0 Å². The number of aromatic nitrogens is 1. The number of carbonyl (C=O) groups is 3. The number of carboxylic acids is 1. The minimum absolute atomic E-state index is 0.0371. The molecule has 7 atom stereocenters. The van der Waals surface area contributed by atoms with Crippen LogP contribution in [0.4, 0.5) is 0 Å². The van der Waals surface area contributed by atoms with Crippen LogP contribution in [0.3, 0.4) is 0 Å². The van der Waals surface area contributed by atoms with Crippen LogP contribution in [0.25, 0.3) is 0 Å². The number of unbranched alkanes of at least 4 members (excludes halogenated alkanes) is 2. The number of benzene rings is 1. The standard InChI is InChI=1S/C26H28N2O5S2/c1-12-6-8-13(9-7-12)17-18-14-11-15(21(18)34-23-22(17)35-26(33)27-23)20-19(14)24(31)28(25(20)32)10-4-2-3-5-16(29)30/h6-9,14-15,17-21H,2-5,10-11H2,1H3,(H,27,33)(H,29,30). The quantitative estimate of drug-likeness (QED) is 0.431. The average Bonchev–Trinajstić information content (AvgIpc) is 3.54. The van der Waals surface area contributed by atoms with Gasteiger partial charge in [0.15, 0.2) is 0 Å². The Morgan fingerprint density at radius 2 is 1.77 bits per heavy atom. The normalized spacial score (nSPS) is 32.6. The van der Waals surface area contributed by atoms with Crippen molar-refractivity contribution < 1.29 is 19.5 Å². The number of nitrogens with zero attached hydrogens (tertiary/aromatic N) is 1. The van der Waals surface area contributed by atoms with Gasteiger partial charge in [-0.3, -0.25) is 24.1 Å². The van der Waals surface area contributed by atoms with E-state index in [2.05, 4.69) is 36.2 Å². The summed E-state index contributed by atoms with van der Waals surface area (Å²) in [6.45, 7) is 2.44. The Balaban J connectivity index is 1.28. The molecular formula is C26H28N2O5S2. The van der Waals surface area contributed by atoms with Crippen molar-refractivity contribution in [1.29, 1.82) is 0 Å². The van der Waals surface area contributed by atoms with Gasteiger partial charge >= 0.3 is 10.8 Å². The van der Waals surface area contributed by atoms with Crippen molar-refractivity contribution in [2.24, 2.45) is 29.6 Å². The van der Waals surface area contributed by atoms with Crippen molar-refractivity contribution in [2.75, 3.05) is 6.54 Å². The number of thioether (sulfide) groups is 1. The molecule has 4 aliphatic rings. The molecule has 2 N–H and O–H groups in total. The molecule has 0 spiro atoms. The van der Waals surface area contributed by atoms with Gasteiger partial charge in [-0.15, -0.1) is 11.8 Å². The number of rotatable bonds is 7. The van der Waals surface area contributed by atoms with Crippen molar-refractivity contribution in [3.05, 3.63) is 49.9 Å². The molecule has 2 aromatic rings. The summed E-state index contributed by atoms with van der Waals surface area (Å²) in [5.74, 6) is -0.867. The summed E-state index contributed by atoms with van der Waals surface area (Å²) in [5, 5.41) is 9.97. The molecule has 1 aromatic carbocycles. The minimum atomic E-state index is -0.817. The first-order chi connectivity index (χ1) is 16.8. The van der Waals surface area contributed by atoms with Gasteiger partial charge in [0.25, 0.3) is 0 Å². The Labute approximate surface area is 211 Å². The second-order valence-corrected chi connectivity index (χ2v) is 12.6. The van der Waals surface area contributed by atoms with Gasteiger partial charge in [0.05, 0.1) is 16.9 Å². The van der Waals surface area contributed by atoms with Gasteiger partial charge in [0.2, 0.25) is 11.8 Å². The SMILES string of the molecule is Cc1ccc(C2c3sc(=O)[nH]c3SC3C4CC(C5C(=O)N(CCCCCC(=O)O)C(=O)C45)C23)cc1. The van der Waals surface area contributed by atoms with Crippen LogP contribution in [0, 0.1) is 36.5 Å². The third kappa shape index (κ3) is 3.61. The fourth-order valence-corrected chi connectivity index (χ4v) is 10.1. The third-order valence-electron chi connectivity index (χ3n) is 8.52. The van der Waals surface area contributed by atoms with Crippen LogP contribution in [0.15, 0.2) is 34.1 Å². The number of thiazole rings is 1. The number of likely N-dealkylation sites (tertiary alicyclic amines) is 1. The fourth-order valence-electron chi connectivity index (χ4n) is 7.17. The van der Waals surface area contributed by atoms with E-state index in [1.54, 1.807) is 11.8 Å². The predicted molar refractivity (Wildman–Crippen MR) is 132 cm³/mol. The van der Waals surface area contributed by atoms with Gasteiger partial charge in [-0.1, -0.05) is 47.6 Å². The maximum Gasteiger partial charge on any atom is 0.305 e. The first-order valence-electron chi connectivity index (χ1n) is 12.4. The molecule has 184 valence electrons. The number of aryl methyl sites for hydroxylation is 1. The summed E-state index contributed by atoms with van der Waals surface area (Å²) in [6.07, 6.45) is 2.90. The molecular weight excluding hydrogens is 484 g/mol. The molecule has 0 radical (unpaired) electrons. The molecule has 2 amide bonds. The third-order valence-corrected chi connectivity index (χ3v) is 11.1. The maximum absolute atomic E-state index is 13.5. The summed E-state index contributed by atoms with van der Waals surface area (Å²) in [7, 11) is 0. The number of carbonyl (C=O) groups excluding carboxylic acids is 2. The number of aliphatic carboxylic acids is 1. The number of carboxylic acid groups (broad SMARTS) is 1. The lowest BCUT2D eigenvalue weighted by Crippen LogP contribution is -2.42. The number of amides is 2. The fraction of sp³-hybridized carbons (Fsp3) is 0.538. The topological polar surface area (TPSA) is 108 Å². The lowest BCUT2D eigenvalue weighted by atomic mass is 9.68. The largest absolute Gasteiger partial charge is 0.481 e. The van der Waals surface area contributed by atoms with Crippen molar-refractivity contribution in [2.45, 2.75) is 55.2 Å². The molecule has 35 heavy (non-hydrogen) atoms. The van der Waals surface area contributed by atoms with E-state index < -0.39 is 5.97 Å². The van der Waals surface area contributed by atoms with Gasteiger partial charge in [-0.25, -0.2) is 0 Å². The highest BCUT2D eigenvalue weighted by Crippen LogP contribution is 2.68. The van der Waals surface area contributed by atoms with Crippen LogP contribution < -0.4 is 4.87 Å². The van der Waals surface area contributed by atoms with Crippen molar-refractivity contribution in [3.8, 4) is 0 Å². The molecule has 7 unspecified atom stereocenters. The molecule has 2 bridgehead atoms. The molecule has 3 fully saturated rings. The summed E-state index contributed by atoms with van der Waals surface area (Å²) in [6, 6.07) is 8.51. The number of imide groups is 1. The summed E-state index contributed by atoms with van der Waals surface area (Å²) in [4.78, 5) is 55.5. The van der Waals surface area contributed by atoms with Gasteiger partial charge < -0.3 is 10.1 Å². The van der Waals surface area contributed by atoms with E-state index >= 15 is 0 Å². The van der Waals surface area contributed by atoms with E-state index in [-0.39, 0.29) is 63.9 Å². The summed E-state index contributed by atoms with van der Waals surface area (Å²) in [5.41, 5.74) is 2.36. The van der Waals surface area contributed by atoms with E-state index in [1.165, 1.54) is 27.4 Å². The average molecular weight is 513 g/mol. The molecule has 1 saturated heterocycles. The zero-order chi connectivity index (χ0) is 24.4. The Hall–Kier alpha value is -2.39. The van der Waals surface area contributed by atoms with Crippen LogP contribution in [-0.4, -0.2) is 44.6 Å². The number of nitrogens with one attached hydrogen (secondary N) is 1. The Morgan fingerprint density at radius 1 is 1.06 bits per heavy atom. The number of hydrogen-bond donors (Lipinski definition) is 2. The number of fused-ring (bicyclic) bond motifs is 9. The Bertz CT molecular complexity index is 1250. The Kier molecular flexibility index (Phi) is 5.67. The van der Waals surface area contributed by atoms with Crippen LogP contribution in [0.2, 0.25) is 0 Å². The molecule has 7 nitrogen and oxygen atoms in total. The first kappa shape index (κ1) is 23.0. The van der Waals surface area contributed by atoms with Gasteiger partial charge in [0, 0.05) is 29.0 Å². The maximum atomic E-state index is 13.5. The van der Waals surface area contributed by atoms with Crippen LogP contribution >= 0.6 is 23.1 Å². The lowest BCUT2D eigenvalue weighted by molar-refractivity contribution is -0.141. The predicted octanol–water partition coefficient (Wildman–Crippen LogP) is 3.86. The molecule has 2 saturated carbocycles. The van der Waals surface area contributed by atoms with E-state index in [1.807, 2.05) is 0 Å². The molecule has 2 aliphatic carbocycles. The summed E-state index contributed by atoms with van der Waals surface area (Å²) < 4.78 is 0. The van der Waals surface area contributed by atoms with Crippen molar-refractivity contribution in [1.82, 2.24) is 9.88 Å². The van der Waals surface area contributed by atoms with Crippen molar-refractivity contribution >= 4 is 40.9 Å². The molecule has 6 rings (SSSR count). The van der Waals surface area contributed by atoms with Crippen LogP contribution in [0.1, 0.15) is 54.0 Å². The molecule has 3 heterocycles. The zero-order valence-electron chi connectivity index (χ0n) is 19.4. The molecule has 2 aliphatic heterocycles. The summed E-state index contributed by atoms with van der Waals surface area (Å²) >= 11 is 2.99. The highest BCUT2D eigenvalue weighted by atomic mass is 32.2. The first-order valence-corrected chi connectivity index (χ1v) is 14.1. The minimum Gasteiger partial charge on any atom is -0.481 e. The molecule has 1 aromatic heterocycles. The van der Waals surface area contributed by atoms with E-state index in [9.17, 15) is 19.2 Å². The smallest absolute Gasteiger partial charge is 0.305 e. The van der Waals surface area contributed by atoms with Crippen molar-refractivity contribution in [3.63, 3.8) is 0 Å².